The van der Waals surface area contributed by atoms with Gasteiger partial charge in [0, 0.05) is 11.8 Å². The molecule has 0 spiro atoms. The average molecular weight is 397 g/mol. The largest absolute Gasteiger partial charge is 0.462 e. The van der Waals surface area contributed by atoms with Gasteiger partial charge in [-0.05, 0) is 37.3 Å². The number of carbonyl (C=O) groups is 4. The van der Waals surface area contributed by atoms with E-state index in [4.69, 9.17) is 4.74 Å². The van der Waals surface area contributed by atoms with Crippen LogP contribution in [0.2, 0.25) is 0 Å². The first-order valence-corrected chi connectivity index (χ1v) is 8.54. The average Bonchev–Trinajstić information content (AvgIpc) is 2.93. The van der Waals surface area contributed by atoms with Gasteiger partial charge in [0.2, 0.25) is 5.91 Å². The topological polar surface area (TPSA) is 136 Å². The third-order valence-electron chi connectivity index (χ3n) is 4.16. The minimum Gasteiger partial charge on any atom is -0.462 e. The number of nitro benzene ring substituents is 1. The molecule has 2 aromatic carbocycles. The first kappa shape index (κ1) is 19.7. The molecular formula is C19H15N3O7. The number of benzene rings is 2. The van der Waals surface area contributed by atoms with Crippen LogP contribution in [0.5, 0.6) is 0 Å². The van der Waals surface area contributed by atoms with E-state index in [1.165, 1.54) is 36.4 Å². The van der Waals surface area contributed by atoms with Crippen molar-refractivity contribution < 1.29 is 28.8 Å². The van der Waals surface area contributed by atoms with Crippen molar-refractivity contribution in [2.45, 2.75) is 6.92 Å². The van der Waals surface area contributed by atoms with Crippen molar-refractivity contribution in [1.29, 1.82) is 0 Å². The Kier molecular flexibility index (Phi) is 5.35. The molecule has 0 saturated carbocycles. The number of nitrogens with zero attached hydrogens (tertiary/aromatic N) is 2. The number of nitro groups is 1. The summed E-state index contributed by atoms with van der Waals surface area (Å²) in [4.78, 5) is 59.8. The van der Waals surface area contributed by atoms with Crippen LogP contribution in [0.15, 0.2) is 42.5 Å². The van der Waals surface area contributed by atoms with Gasteiger partial charge in [-0.25, -0.2) is 4.79 Å². The fraction of sp³-hybridized carbons (Fsp3) is 0.158. The van der Waals surface area contributed by atoms with Crippen LogP contribution < -0.4 is 5.32 Å². The fourth-order valence-electron chi connectivity index (χ4n) is 2.86. The molecule has 1 aliphatic heterocycles. The molecule has 0 bridgehead atoms. The summed E-state index contributed by atoms with van der Waals surface area (Å²) in [6.07, 6.45) is 0. The summed E-state index contributed by atoms with van der Waals surface area (Å²) in [5, 5.41) is 13.6. The van der Waals surface area contributed by atoms with E-state index < -0.39 is 40.8 Å². The molecule has 3 amide bonds. The predicted octanol–water partition coefficient (Wildman–Crippen LogP) is 2.01. The van der Waals surface area contributed by atoms with Crippen LogP contribution in [0.1, 0.15) is 38.0 Å². The van der Waals surface area contributed by atoms with Crippen LogP contribution in [0.25, 0.3) is 0 Å². The van der Waals surface area contributed by atoms with Crippen molar-refractivity contribution in [2.75, 3.05) is 18.5 Å². The van der Waals surface area contributed by atoms with Crippen molar-refractivity contribution in [1.82, 2.24) is 4.90 Å². The zero-order valence-electron chi connectivity index (χ0n) is 15.2. The molecular weight excluding hydrogens is 382 g/mol. The highest BCUT2D eigenvalue weighted by Gasteiger charge is 2.41. The van der Waals surface area contributed by atoms with Crippen LogP contribution in [-0.4, -0.2) is 46.7 Å². The molecule has 0 aliphatic carbocycles. The highest BCUT2D eigenvalue weighted by molar-refractivity contribution is 6.24. The molecule has 0 saturated heterocycles. The van der Waals surface area contributed by atoms with Crippen LogP contribution in [0, 0.1) is 10.1 Å². The maximum absolute atomic E-state index is 12.5. The highest BCUT2D eigenvalue weighted by atomic mass is 16.6. The lowest BCUT2D eigenvalue weighted by Gasteiger charge is -2.13. The molecule has 0 radical (unpaired) electrons. The van der Waals surface area contributed by atoms with Gasteiger partial charge >= 0.3 is 5.97 Å². The number of carbonyl (C=O) groups excluding carboxylic acids is 4. The van der Waals surface area contributed by atoms with E-state index in [0.717, 1.165) is 6.07 Å². The molecule has 0 fully saturated rings. The zero-order chi connectivity index (χ0) is 21.1. The molecule has 29 heavy (non-hydrogen) atoms. The Hall–Kier alpha value is -4.08. The van der Waals surface area contributed by atoms with Gasteiger partial charge in [0.15, 0.2) is 0 Å². The molecule has 1 heterocycles. The minimum absolute atomic E-state index is 0.115. The number of esters is 1. The van der Waals surface area contributed by atoms with Gasteiger partial charge in [-0.2, -0.15) is 0 Å². The minimum atomic E-state index is -0.898. The maximum Gasteiger partial charge on any atom is 0.338 e. The molecule has 10 heteroatoms. The summed E-state index contributed by atoms with van der Waals surface area (Å²) in [7, 11) is 0. The van der Waals surface area contributed by atoms with Gasteiger partial charge in [-0.15, -0.1) is 0 Å². The Morgan fingerprint density at radius 1 is 1.10 bits per heavy atom. The standard InChI is InChI=1S/C19H15N3O7/c1-2-29-19(26)11-6-8-12(9-7-11)20-15(23)10-21-17(24)13-4-3-5-14(22(27)28)16(13)18(21)25/h3-9H,2,10H2,1H3,(H,20,23). The Balaban J connectivity index is 1.71. The number of hydrogen-bond donors (Lipinski definition) is 1. The monoisotopic (exact) mass is 397 g/mol. The Morgan fingerprint density at radius 2 is 1.79 bits per heavy atom. The van der Waals surface area contributed by atoms with Gasteiger partial charge in [0.05, 0.1) is 22.7 Å². The summed E-state index contributed by atoms with van der Waals surface area (Å²) in [5.41, 5.74) is -0.286. The number of fused-ring (bicyclic) bond motifs is 1. The molecule has 0 aromatic heterocycles. The van der Waals surface area contributed by atoms with E-state index in [0.29, 0.717) is 16.2 Å². The van der Waals surface area contributed by atoms with Gasteiger partial charge in [-0.3, -0.25) is 29.4 Å². The summed E-state index contributed by atoms with van der Waals surface area (Å²) in [6.45, 7) is 1.30. The number of hydrogen-bond acceptors (Lipinski definition) is 7. The van der Waals surface area contributed by atoms with Crippen molar-refractivity contribution in [3.05, 3.63) is 69.3 Å². The quantitative estimate of drug-likeness (QED) is 0.341. The number of imide groups is 1. The number of amides is 3. The number of rotatable bonds is 6. The number of ether oxygens (including phenoxy) is 1. The predicted molar refractivity (Wildman–Crippen MR) is 99.5 cm³/mol. The van der Waals surface area contributed by atoms with Crippen LogP contribution in [-0.2, 0) is 9.53 Å². The normalized spacial score (nSPS) is 12.5. The summed E-state index contributed by atoms with van der Waals surface area (Å²) in [5.74, 6) is -2.85. The van der Waals surface area contributed by atoms with Gasteiger partial charge in [0.1, 0.15) is 12.1 Å². The molecule has 10 nitrogen and oxygen atoms in total. The molecule has 0 unspecified atom stereocenters. The van der Waals surface area contributed by atoms with E-state index in [2.05, 4.69) is 5.32 Å². The summed E-state index contributed by atoms with van der Waals surface area (Å²) in [6, 6.07) is 9.58. The fourth-order valence-corrected chi connectivity index (χ4v) is 2.86. The Morgan fingerprint density at radius 3 is 2.41 bits per heavy atom. The van der Waals surface area contributed by atoms with Crippen LogP contribution >= 0.6 is 0 Å². The first-order chi connectivity index (χ1) is 13.8. The maximum atomic E-state index is 12.5. The van der Waals surface area contributed by atoms with E-state index >= 15 is 0 Å². The summed E-state index contributed by atoms with van der Waals surface area (Å²) >= 11 is 0. The van der Waals surface area contributed by atoms with Gasteiger partial charge in [0.25, 0.3) is 17.5 Å². The molecule has 2 aromatic rings. The Labute approximate surface area is 164 Å². The number of nitrogens with one attached hydrogen (secondary N) is 1. The second-order valence-electron chi connectivity index (χ2n) is 6.00. The van der Waals surface area contributed by atoms with Crippen molar-refractivity contribution in [2.24, 2.45) is 0 Å². The van der Waals surface area contributed by atoms with E-state index in [9.17, 15) is 29.3 Å². The second-order valence-corrected chi connectivity index (χ2v) is 6.00. The second kappa shape index (κ2) is 7.89. The lowest BCUT2D eigenvalue weighted by atomic mass is 10.1. The van der Waals surface area contributed by atoms with Gasteiger partial charge in [-0.1, -0.05) is 6.07 Å². The van der Waals surface area contributed by atoms with Crippen molar-refractivity contribution >= 4 is 35.1 Å². The zero-order valence-corrected chi connectivity index (χ0v) is 15.2. The third-order valence-corrected chi connectivity index (χ3v) is 4.16. The van der Waals surface area contributed by atoms with Crippen LogP contribution in [0.4, 0.5) is 11.4 Å². The molecule has 1 N–H and O–H groups in total. The van der Waals surface area contributed by atoms with Crippen LogP contribution in [0.3, 0.4) is 0 Å². The molecule has 0 atom stereocenters. The Bertz CT molecular complexity index is 1030. The van der Waals surface area contributed by atoms with Crippen molar-refractivity contribution in [3.63, 3.8) is 0 Å². The molecule has 148 valence electrons. The number of anilines is 1. The molecule has 3 rings (SSSR count). The molecule has 1 aliphatic rings. The highest BCUT2D eigenvalue weighted by Crippen LogP contribution is 2.30. The van der Waals surface area contributed by atoms with E-state index in [1.807, 2.05) is 0 Å². The van der Waals surface area contributed by atoms with Crippen molar-refractivity contribution in [3.8, 4) is 0 Å². The summed E-state index contributed by atoms with van der Waals surface area (Å²) < 4.78 is 4.86. The third kappa shape index (κ3) is 3.81. The first-order valence-electron chi connectivity index (χ1n) is 8.54. The smallest absolute Gasteiger partial charge is 0.338 e. The van der Waals surface area contributed by atoms with E-state index in [-0.39, 0.29) is 17.7 Å². The lowest BCUT2D eigenvalue weighted by molar-refractivity contribution is -0.385. The van der Waals surface area contributed by atoms with Gasteiger partial charge < -0.3 is 10.1 Å². The SMILES string of the molecule is CCOC(=O)c1ccc(NC(=O)CN2C(=O)c3cccc([N+](=O)[O-])c3C2=O)cc1. The van der Waals surface area contributed by atoms with E-state index in [1.54, 1.807) is 6.92 Å². The lowest BCUT2D eigenvalue weighted by Crippen LogP contribution is -2.37.